The number of aryl methyl sites for hydroxylation is 1. The van der Waals surface area contributed by atoms with Crippen molar-refractivity contribution in [2.75, 3.05) is 44.6 Å². The molecule has 3 rings (SSSR count). The van der Waals surface area contributed by atoms with Crippen molar-refractivity contribution < 1.29 is 22.8 Å². The van der Waals surface area contributed by atoms with Crippen molar-refractivity contribution in [1.82, 2.24) is 15.1 Å². The van der Waals surface area contributed by atoms with Gasteiger partial charge in [-0.1, -0.05) is 33.8 Å². The highest BCUT2D eigenvalue weighted by Crippen LogP contribution is 2.30. The van der Waals surface area contributed by atoms with Crippen molar-refractivity contribution in [3.8, 4) is 0 Å². The molecule has 0 aliphatic carbocycles. The van der Waals surface area contributed by atoms with Crippen molar-refractivity contribution in [3.05, 3.63) is 58.9 Å². The lowest BCUT2D eigenvalue weighted by molar-refractivity contribution is -0.129. The standard InChI is InChI=1S/C24H29F3N4O2.C2H6/c1-4-30(5-2)11-10-28-23(32)16-13-31(14-16)24(33)17-7-8-18(25)21(27)22(17)29-20-9-6-15(3)12-19(20)26;1-2/h6-9,12,16,29H,4-5,10-11,13-14H2,1-3H3,(H,28,32);1-2H3. The predicted octanol–water partition coefficient (Wildman–Crippen LogP) is 4.71. The summed E-state index contributed by atoms with van der Waals surface area (Å²) in [4.78, 5) is 28.9. The second-order valence-corrected chi connectivity index (χ2v) is 8.12. The van der Waals surface area contributed by atoms with E-state index in [9.17, 15) is 22.8 Å². The van der Waals surface area contributed by atoms with E-state index in [4.69, 9.17) is 0 Å². The Balaban J connectivity index is 0.00000210. The van der Waals surface area contributed by atoms with Crippen LogP contribution >= 0.6 is 0 Å². The largest absolute Gasteiger partial charge is 0.354 e. The molecule has 1 aliphatic heterocycles. The normalized spacial score (nSPS) is 13.1. The molecule has 0 aromatic heterocycles. The number of nitrogens with zero attached hydrogens (tertiary/aromatic N) is 2. The van der Waals surface area contributed by atoms with Gasteiger partial charge in [-0.05, 0) is 49.8 Å². The Labute approximate surface area is 205 Å². The van der Waals surface area contributed by atoms with Gasteiger partial charge in [0.2, 0.25) is 5.91 Å². The molecule has 9 heteroatoms. The SMILES string of the molecule is CC.CCN(CC)CCNC(=O)C1CN(C(=O)c2ccc(F)c(F)c2Nc2ccc(C)cc2F)C1. The van der Waals surface area contributed by atoms with Crippen LogP contribution in [0.3, 0.4) is 0 Å². The van der Waals surface area contributed by atoms with Gasteiger partial charge in [-0.25, -0.2) is 13.2 Å². The number of rotatable bonds is 9. The van der Waals surface area contributed by atoms with Gasteiger partial charge in [-0.2, -0.15) is 0 Å². The highest BCUT2D eigenvalue weighted by atomic mass is 19.2. The summed E-state index contributed by atoms with van der Waals surface area (Å²) in [7, 11) is 0. The Bertz CT molecular complexity index is 1020. The lowest BCUT2D eigenvalue weighted by Crippen LogP contribution is -2.56. The fourth-order valence-electron chi connectivity index (χ4n) is 3.71. The van der Waals surface area contributed by atoms with Crippen LogP contribution in [0.5, 0.6) is 0 Å². The van der Waals surface area contributed by atoms with E-state index in [0.29, 0.717) is 12.1 Å². The smallest absolute Gasteiger partial charge is 0.256 e. The number of likely N-dealkylation sites (tertiary alicyclic amines) is 1. The number of hydrogen-bond acceptors (Lipinski definition) is 4. The Hall–Kier alpha value is -3.07. The molecule has 0 atom stereocenters. The zero-order chi connectivity index (χ0) is 26.1. The predicted molar refractivity (Wildman–Crippen MR) is 132 cm³/mol. The van der Waals surface area contributed by atoms with Crippen molar-refractivity contribution in [2.24, 2.45) is 5.92 Å². The van der Waals surface area contributed by atoms with Crippen LogP contribution in [0.2, 0.25) is 0 Å². The van der Waals surface area contributed by atoms with Gasteiger partial charge in [0.1, 0.15) is 5.82 Å². The molecule has 2 amide bonds. The second kappa shape index (κ2) is 13.1. The van der Waals surface area contributed by atoms with Crippen LogP contribution in [0.1, 0.15) is 43.6 Å². The Morgan fingerprint density at radius 3 is 2.29 bits per heavy atom. The average molecular weight is 493 g/mol. The molecule has 1 heterocycles. The summed E-state index contributed by atoms with van der Waals surface area (Å²) in [5.74, 6) is -4.14. The molecular formula is C26H35F3N4O2. The number of benzene rings is 2. The van der Waals surface area contributed by atoms with Gasteiger partial charge in [-0.3, -0.25) is 9.59 Å². The summed E-state index contributed by atoms with van der Waals surface area (Å²) in [5, 5.41) is 5.40. The van der Waals surface area contributed by atoms with Gasteiger partial charge in [0.25, 0.3) is 5.91 Å². The minimum Gasteiger partial charge on any atom is -0.354 e. The molecule has 2 N–H and O–H groups in total. The zero-order valence-corrected chi connectivity index (χ0v) is 21.1. The third kappa shape index (κ3) is 6.97. The summed E-state index contributed by atoms with van der Waals surface area (Å²) >= 11 is 0. The highest BCUT2D eigenvalue weighted by Gasteiger charge is 2.37. The molecule has 2 aromatic rings. The van der Waals surface area contributed by atoms with Crippen LogP contribution < -0.4 is 10.6 Å². The van der Waals surface area contributed by atoms with Crippen LogP contribution in [-0.2, 0) is 4.79 Å². The van der Waals surface area contributed by atoms with Gasteiger partial charge in [0.15, 0.2) is 11.6 Å². The first kappa shape index (κ1) is 28.2. The van der Waals surface area contributed by atoms with Crippen LogP contribution in [0, 0.1) is 30.3 Å². The molecule has 6 nitrogen and oxygen atoms in total. The number of carbonyl (C=O) groups is 2. The van der Waals surface area contributed by atoms with Crippen molar-refractivity contribution in [2.45, 2.75) is 34.6 Å². The third-order valence-electron chi connectivity index (χ3n) is 5.87. The fraction of sp³-hybridized carbons (Fsp3) is 0.462. The summed E-state index contributed by atoms with van der Waals surface area (Å²) < 4.78 is 42.7. The van der Waals surface area contributed by atoms with Gasteiger partial charge in [0.05, 0.1) is 22.9 Å². The first-order valence-electron chi connectivity index (χ1n) is 12.1. The first-order valence-corrected chi connectivity index (χ1v) is 12.1. The van der Waals surface area contributed by atoms with Crippen LogP contribution in [0.15, 0.2) is 30.3 Å². The van der Waals surface area contributed by atoms with E-state index in [-0.39, 0.29) is 36.2 Å². The van der Waals surface area contributed by atoms with Gasteiger partial charge in [0, 0.05) is 26.2 Å². The van der Waals surface area contributed by atoms with Crippen molar-refractivity contribution >= 4 is 23.2 Å². The fourth-order valence-corrected chi connectivity index (χ4v) is 3.71. The molecule has 0 saturated carbocycles. The van der Waals surface area contributed by atoms with E-state index in [2.05, 4.69) is 29.4 Å². The maximum Gasteiger partial charge on any atom is 0.256 e. The van der Waals surface area contributed by atoms with Crippen molar-refractivity contribution in [1.29, 1.82) is 0 Å². The first-order chi connectivity index (χ1) is 16.7. The van der Waals surface area contributed by atoms with E-state index in [0.717, 1.165) is 31.8 Å². The molecule has 0 unspecified atom stereocenters. The number of nitrogens with one attached hydrogen (secondary N) is 2. The lowest BCUT2D eigenvalue weighted by Gasteiger charge is -2.38. The van der Waals surface area contributed by atoms with Gasteiger partial charge in [-0.15, -0.1) is 0 Å². The quantitative estimate of drug-likeness (QED) is 0.532. The van der Waals surface area contributed by atoms with E-state index in [1.807, 2.05) is 13.8 Å². The summed E-state index contributed by atoms with van der Waals surface area (Å²) in [6.07, 6.45) is 0. The number of likely N-dealkylation sites (N-methyl/N-ethyl adjacent to an activating group) is 1. The van der Waals surface area contributed by atoms with Gasteiger partial charge < -0.3 is 20.4 Å². The Kier molecular flexibility index (Phi) is 10.6. The van der Waals surface area contributed by atoms with Crippen LogP contribution in [0.25, 0.3) is 0 Å². The third-order valence-corrected chi connectivity index (χ3v) is 5.87. The molecule has 1 aliphatic rings. The molecule has 192 valence electrons. The second-order valence-electron chi connectivity index (χ2n) is 8.12. The minimum atomic E-state index is -1.27. The van der Waals surface area contributed by atoms with Crippen LogP contribution in [-0.4, -0.2) is 60.9 Å². The lowest BCUT2D eigenvalue weighted by atomic mass is 9.97. The molecule has 1 fully saturated rings. The topological polar surface area (TPSA) is 64.7 Å². The number of halogens is 3. The Morgan fingerprint density at radius 2 is 1.69 bits per heavy atom. The zero-order valence-electron chi connectivity index (χ0n) is 21.1. The molecule has 35 heavy (non-hydrogen) atoms. The van der Waals surface area contributed by atoms with E-state index in [1.54, 1.807) is 13.0 Å². The van der Waals surface area contributed by atoms with Crippen molar-refractivity contribution in [3.63, 3.8) is 0 Å². The number of carbonyl (C=O) groups excluding carboxylic acids is 2. The average Bonchev–Trinajstić information content (AvgIpc) is 2.81. The number of hydrogen-bond donors (Lipinski definition) is 2. The van der Waals surface area contributed by atoms with E-state index >= 15 is 0 Å². The number of amides is 2. The van der Waals surface area contributed by atoms with E-state index < -0.39 is 29.0 Å². The summed E-state index contributed by atoms with van der Waals surface area (Å²) in [6.45, 7) is 13.2. The summed E-state index contributed by atoms with van der Waals surface area (Å²) in [6, 6.07) is 6.28. The molecule has 1 saturated heterocycles. The Morgan fingerprint density at radius 1 is 1.03 bits per heavy atom. The molecule has 0 radical (unpaired) electrons. The highest BCUT2D eigenvalue weighted by molar-refractivity contribution is 6.01. The van der Waals surface area contributed by atoms with Gasteiger partial charge >= 0.3 is 0 Å². The maximum atomic E-state index is 14.6. The summed E-state index contributed by atoms with van der Waals surface area (Å²) in [5.41, 5.74) is 0.0217. The molecular weight excluding hydrogens is 457 g/mol. The minimum absolute atomic E-state index is 0.0757. The monoisotopic (exact) mass is 492 g/mol. The van der Waals surface area contributed by atoms with E-state index in [1.165, 1.54) is 17.0 Å². The molecule has 0 bridgehead atoms. The number of anilines is 2. The molecule has 2 aromatic carbocycles. The molecule has 0 spiro atoms. The maximum absolute atomic E-state index is 14.6. The van der Waals surface area contributed by atoms with Crippen LogP contribution in [0.4, 0.5) is 24.5 Å².